The minimum atomic E-state index is -0.307. The zero-order valence-electron chi connectivity index (χ0n) is 16.1. The highest BCUT2D eigenvalue weighted by atomic mass is 16.1. The second-order valence-corrected chi connectivity index (χ2v) is 7.22. The van der Waals surface area contributed by atoms with Gasteiger partial charge in [-0.05, 0) is 36.5 Å². The maximum atomic E-state index is 12.4. The molecule has 0 saturated heterocycles. The number of hydrogen-bond acceptors (Lipinski definition) is 4. The summed E-state index contributed by atoms with van der Waals surface area (Å²) in [4.78, 5) is 12.4. The highest BCUT2D eigenvalue weighted by Gasteiger charge is 2.23. The van der Waals surface area contributed by atoms with E-state index in [9.17, 15) is 10.1 Å². The molecule has 0 aliphatic heterocycles. The van der Waals surface area contributed by atoms with Crippen LogP contribution in [-0.2, 0) is 11.3 Å². The van der Waals surface area contributed by atoms with E-state index >= 15 is 0 Å². The first-order valence-corrected chi connectivity index (χ1v) is 9.69. The van der Waals surface area contributed by atoms with Crippen LogP contribution in [0, 0.1) is 17.2 Å². The molecule has 1 aromatic heterocycles. The molecule has 6 nitrogen and oxygen atoms in total. The highest BCUT2D eigenvalue weighted by molar-refractivity contribution is 5.97. The number of nitrogens with zero attached hydrogens (tertiary/aromatic N) is 4. The number of rotatable bonds is 6. The molecule has 1 aromatic carbocycles. The summed E-state index contributed by atoms with van der Waals surface area (Å²) >= 11 is 0. The standard InChI is InChI=1S/C22H25N5O/c1-17-8-5-6-13-21(17)24-22(28)19(14-23)11-7-12-20-16-27(26-25-20)15-18-9-3-2-4-10-18/h2-4,7,9-12,16-17,21H,5-6,8,13,15H2,1H3,(H,24,28)/b12-7+,19-11+/t17-,21+/m1/s1. The minimum Gasteiger partial charge on any atom is -0.348 e. The Hall–Kier alpha value is -3.20. The van der Waals surface area contributed by atoms with Gasteiger partial charge in [-0.3, -0.25) is 4.79 Å². The summed E-state index contributed by atoms with van der Waals surface area (Å²) in [5.74, 6) is 0.145. The van der Waals surface area contributed by atoms with Gasteiger partial charge in [-0.15, -0.1) is 5.10 Å². The summed E-state index contributed by atoms with van der Waals surface area (Å²) in [6.45, 7) is 2.79. The van der Waals surface area contributed by atoms with Gasteiger partial charge in [0.2, 0.25) is 0 Å². The van der Waals surface area contributed by atoms with Gasteiger partial charge in [0.05, 0.1) is 12.7 Å². The highest BCUT2D eigenvalue weighted by Crippen LogP contribution is 2.23. The number of hydrogen-bond donors (Lipinski definition) is 1. The summed E-state index contributed by atoms with van der Waals surface area (Å²) in [5, 5.41) is 20.5. The number of aromatic nitrogens is 3. The van der Waals surface area contributed by atoms with Crippen LogP contribution in [0.4, 0.5) is 0 Å². The van der Waals surface area contributed by atoms with Gasteiger partial charge in [0.1, 0.15) is 17.3 Å². The minimum absolute atomic E-state index is 0.103. The Labute approximate surface area is 165 Å². The van der Waals surface area contributed by atoms with Gasteiger partial charge in [-0.2, -0.15) is 5.26 Å². The van der Waals surface area contributed by atoms with Gasteiger partial charge in [-0.1, -0.05) is 61.4 Å². The van der Waals surface area contributed by atoms with Crippen molar-refractivity contribution in [1.29, 1.82) is 5.26 Å². The van der Waals surface area contributed by atoms with E-state index in [4.69, 9.17) is 0 Å². The second kappa shape index (κ2) is 9.65. The van der Waals surface area contributed by atoms with E-state index in [1.165, 1.54) is 12.5 Å². The number of nitrogens with one attached hydrogen (secondary N) is 1. The number of carbonyl (C=O) groups is 1. The van der Waals surface area contributed by atoms with Crippen LogP contribution in [0.5, 0.6) is 0 Å². The van der Waals surface area contributed by atoms with Crippen LogP contribution in [0.25, 0.3) is 6.08 Å². The van der Waals surface area contributed by atoms with Gasteiger partial charge in [0.25, 0.3) is 5.91 Å². The molecule has 0 bridgehead atoms. The molecular formula is C22H25N5O. The molecule has 1 fully saturated rings. The van der Waals surface area contributed by atoms with E-state index < -0.39 is 0 Å². The van der Waals surface area contributed by atoms with E-state index in [1.54, 1.807) is 16.8 Å². The molecule has 1 N–H and O–H groups in total. The number of amides is 1. The molecule has 1 aliphatic carbocycles. The molecule has 144 valence electrons. The largest absolute Gasteiger partial charge is 0.348 e. The molecule has 2 aromatic rings. The number of allylic oxidation sites excluding steroid dienone is 2. The first-order chi connectivity index (χ1) is 13.7. The third-order valence-corrected chi connectivity index (χ3v) is 5.07. The maximum Gasteiger partial charge on any atom is 0.262 e. The average molecular weight is 375 g/mol. The lowest BCUT2D eigenvalue weighted by Gasteiger charge is -2.29. The van der Waals surface area contributed by atoms with Crippen LogP contribution in [0.2, 0.25) is 0 Å². The number of benzene rings is 1. The third kappa shape index (κ3) is 5.40. The molecule has 0 radical (unpaired) electrons. The van der Waals surface area contributed by atoms with Crippen molar-refractivity contribution in [3.8, 4) is 6.07 Å². The summed E-state index contributed by atoms with van der Waals surface area (Å²) < 4.78 is 1.75. The predicted octanol–water partition coefficient (Wildman–Crippen LogP) is 3.48. The van der Waals surface area contributed by atoms with E-state index in [0.29, 0.717) is 18.2 Å². The van der Waals surface area contributed by atoms with Gasteiger partial charge in [0.15, 0.2) is 0 Å². The SMILES string of the molecule is C[C@@H]1CCCC[C@@H]1NC(=O)/C(C#N)=C/C=C/c1cn(Cc2ccccc2)nn1. The fraction of sp³-hybridized carbons (Fsp3) is 0.364. The molecule has 1 aliphatic rings. The van der Waals surface area contributed by atoms with Crippen LogP contribution in [0.3, 0.4) is 0 Å². The first kappa shape index (κ1) is 19.6. The Morgan fingerprint density at radius 1 is 1.32 bits per heavy atom. The molecule has 3 rings (SSSR count). The zero-order chi connectivity index (χ0) is 19.8. The quantitative estimate of drug-likeness (QED) is 0.476. The molecule has 1 heterocycles. The monoisotopic (exact) mass is 375 g/mol. The Morgan fingerprint density at radius 3 is 2.86 bits per heavy atom. The van der Waals surface area contributed by atoms with Gasteiger partial charge in [-0.25, -0.2) is 4.68 Å². The second-order valence-electron chi connectivity index (χ2n) is 7.22. The van der Waals surface area contributed by atoms with E-state index in [0.717, 1.165) is 24.8 Å². The van der Waals surface area contributed by atoms with Crippen molar-refractivity contribution in [3.63, 3.8) is 0 Å². The topological polar surface area (TPSA) is 83.6 Å². The van der Waals surface area contributed by atoms with Crippen LogP contribution in [-0.4, -0.2) is 26.9 Å². The molecule has 1 amide bonds. The average Bonchev–Trinajstić information content (AvgIpc) is 3.15. The van der Waals surface area contributed by atoms with Crippen molar-refractivity contribution in [1.82, 2.24) is 20.3 Å². The van der Waals surface area contributed by atoms with Gasteiger partial charge < -0.3 is 5.32 Å². The van der Waals surface area contributed by atoms with Crippen molar-refractivity contribution < 1.29 is 4.79 Å². The molecule has 6 heteroatoms. The van der Waals surface area contributed by atoms with Crippen LogP contribution < -0.4 is 5.32 Å². The van der Waals surface area contributed by atoms with Crippen LogP contribution in [0.1, 0.15) is 43.9 Å². The van der Waals surface area contributed by atoms with Crippen molar-refractivity contribution in [2.45, 2.75) is 45.2 Å². The van der Waals surface area contributed by atoms with E-state index in [2.05, 4.69) is 22.6 Å². The fourth-order valence-electron chi connectivity index (χ4n) is 3.42. The van der Waals surface area contributed by atoms with Gasteiger partial charge >= 0.3 is 0 Å². The Balaban J connectivity index is 1.58. The lowest BCUT2D eigenvalue weighted by molar-refractivity contribution is -0.118. The van der Waals surface area contributed by atoms with E-state index in [1.807, 2.05) is 42.6 Å². The first-order valence-electron chi connectivity index (χ1n) is 9.69. The predicted molar refractivity (Wildman–Crippen MR) is 108 cm³/mol. The van der Waals surface area contributed by atoms with Crippen molar-refractivity contribution >= 4 is 12.0 Å². The van der Waals surface area contributed by atoms with Crippen LogP contribution in [0.15, 0.2) is 54.3 Å². The van der Waals surface area contributed by atoms with E-state index in [-0.39, 0.29) is 17.5 Å². The smallest absolute Gasteiger partial charge is 0.262 e. The maximum absolute atomic E-state index is 12.4. The van der Waals surface area contributed by atoms with Crippen molar-refractivity contribution in [2.75, 3.05) is 0 Å². The zero-order valence-corrected chi connectivity index (χ0v) is 16.1. The molecular weight excluding hydrogens is 350 g/mol. The van der Waals surface area contributed by atoms with Crippen molar-refractivity contribution in [3.05, 3.63) is 65.5 Å². The number of nitriles is 1. The fourth-order valence-corrected chi connectivity index (χ4v) is 3.42. The third-order valence-electron chi connectivity index (χ3n) is 5.07. The van der Waals surface area contributed by atoms with Crippen LogP contribution >= 0.6 is 0 Å². The molecule has 2 atom stereocenters. The summed E-state index contributed by atoms with van der Waals surface area (Å²) in [5.41, 5.74) is 1.92. The Kier molecular flexibility index (Phi) is 6.74. The molecule has 1 saturated carbocycles. The Morgan fingerprint density at radius 2 is 2.11 bits per heavy atom. The number of carbonyl (C=O) groups excluding carboxylic acids is 1. The lowest BCUT2D eigenvalue weighted by Crippen LogP contribution is -2.41. The molecule has 0 spiro atoms. The summed E-state index contributed by atoms with van der Waals surface area (Å²) in [6, 6.07) is 12.2. The normalized spacial score (nSPS) is 20.1. The van der Waals surface area contributed by atoms with Crippen molar-refractivity contribution in [2.24, 2.45) is 5.92 Å². The summed E-state index contributed by atoms with van der Waals surface area (Å²) in [7, 11) is 0. The van der Waals surface area contributed by atoms with Gasteiger partial charge in [0, 0.05) is 6.04 Å². The Bertz CT molecular complexity index is 891. The molecule has 28 heavy (non-hydrogen) atoms. The lowest BCUT2D eigenvalue weighted by atomic mass is 9.86. The molecule has 0 unspecified atom stereocenters. The summed E-state index contributed by atoms with van der Waals surface area (Å²) in [6.07, 6.45) is 11.2.